The number of fused-ring (bicyclic) bond motifs is 1. The second-order valence-electron chi connectivity index (χ2n) is 5.73. The Morgan fingerprint density at radius 1 is 1.30 bits per heavy atom. The average Bonchev–Trinajstić information content (AvgIpc) is 2.88. The predicted octanol–water partition coefficient (Wildman–Crippen LogP) is 3.82. The lowest BCUT2D eigenvalue weighted by molar-refractivity contribution is 0.549. The largest absolute Gasteiger partial charge is 0.356 e. The number of halogens is 2. The van der Waals surface area contributed by atoms with E-state index in [1.807, 2.05) is 28.9 Å². The van der Waals surface area contributed by atoms with Crippen molar-refractivity contribution in [3.05, 3.63) is 34.7 Å². The number of rotatable bonds is 6. The molecule has 0 aromatic carbocycles. The number of pyridine rings is 1. The Balaban J connectivity index is 0.00000264. The second-order valence-corrected chi connectivity index (χ2v) is 6.65. The summed E-state index contributed by atoms with van der Waals surface area (Å²) < 4.78 is 3.06. The first-order valence-corrected chi connectivity index (χ1v) is 8.45. The van der Waals surface area contributed by atoms with Crippen molar-refractivity contribution in [1.82, 2.24) is 20.0 Å². The molecule has 0 aliphatic rings. The number of hydrogen-bond acceptors (Lipinski definition) is 2. The minimum Gasteiger partial charge on any atom is -0.356 e. The molecule has 0 atom stereocenters. The molecule has 5 nitrogen and oxygen atoms in total. The van der Waals surface area contributed by atoms with Crippen molar-refractivity contribution >= 4 is 51.5 Å². The third-order valence-corrected chi connectivity index (χ3v) is 3.85. The molecule has 0 saturated carbocycles. The normalized spacial score (nSPS) is 11.6. The predicted molar refractivity (Wildman–Crippen MR) is 111 cm³/mol. The molecule has 0 saturated heterocycles. The summed E-state index contributed by atoms with van der Waals surface area (Å²) in [5.41, 5.74) is 1.93. The molecular weight excluding hydrogens is 469 g/mol. The van der Waals surface area contributed by atoms with Crippen LogP contribution in [-0.4, -0.2) is 28.9 Å². The van der Waals surface area contributed by atoms with Crippen LogP contribution in [0, 0.1) is 5.92 Å². The average molecular weight is 494 g/mol. The summed E-state index contributed by atoms with van der Waals surface area (Å²) in [4.78, 5) is 8.82. The first-order valence-electron chi connectivity index (χ1n) is 7.66. The zero-order valence-electron chi connectivity index (χ0n) is 13.8. The topological polar surface area (TPSA) is 53.7 Å². The molecule has 0 aliphatic carbocycles. The highest BCUT2D eigenvalue weighted by molar-refractivity contribution is 14.0. The fourth-order valence-electron chi connectivity index (χ4n) is 2.21. The van der Waals surface area contributed by atoms with Crippen LogP contribution in [0.2, 0.25) is 0 Å². The molecule has 0 spiro atoms. The molecule has 2 heterocycles. The lowest BCUT2D eigenvalue weighted by atomic mass is 10.1. The van der Waals surface area contributed by atoms with Gasteiger partial charge in [0.2, 0.25) is 0 Å². The van der Waals surface area contributed by atoms with Gasteiger partial charge in [-0.1, -0.05) is 13.8 Å². The van der Waals surface area contributed by atoms with Gasteiger partial charge in [-0.15, -0.1) is 24.0 Å². The van der Waals surface area contributed by atoms with Gasteiger partial charge in [0.15, 0.2) is 5.96 Å². The number of hydrogen-bond donors (Lipinski definition) is 2. The van der Waals surface area contributed by atoms with E-state index in [4.69, 9.17) is 0 Å². The number of nitrogens with one attached hydrogen (secondary N) is 2. The van der Waals surface area contributed by atoms with Gasteiger partial charge >= 0.3 is 0 Å². The molecule has 2 aromatic rings. The third-order valence-electron chi connectivity index (χ3n) is 3.38. The molecule has 2 aromatic heterocycles. The van der Waals surface area contributed by atoms with Crippen molar-refractivity contribution in [3.8, 4) is 0 Å². The summed E-state index contributed by atoms with van der Waals surface area (Å²) in [5, 5.41) is 6.64. The van der Waals surface area contributed by atoms with Crippen molar-refractivity contribution in [2.75, 3.05) is 13.6 Å². The van der Waals surface area contributed by atoms with Gasteiger partial charge in [0, 0.05) is 30.5 Å². The van der Waals surface area contributed by atoms with E-state index in [1.54, 1.807) is 7.05 Å². The summed E-state index contributed by atoms with van der Waals surface area (Å²) in [6.07, 6.45) is 6.41. The van der Waals surface area contributed by atoms with E-state index in [0.29, 0.717) is 6.54 Å². The van der Waals surface area contributed by atoms with Crippen LogP contribution in [0.1, 0.15) is 32.4 Å². The van der Waals surface area contributed by atoms with Crippen LogP contribution in [-0.2, 0) is 6.54 Å². The van der Waals surface area contributed by atoms with Crippen molar-refractivity contribution < 1.29 is 0 Å². The molecule has 0 fully saturated rings. The van der Waals surface area contributed by atoms with Gasteiger partial charge in [0.05, 0.1) is 12.2 Å². The highest BCUT2D eigenvalue weighted by Crippen LogP contribution is 2.12. The maximum absolute atomic E-state index is 4.58. The number of aromatic nitrogens is 2. The molecule has 128 valence electrons. The Morgan fingerprint density at radius 2 is 2.09 bits per heavy atom. The molecule has 0 amide bonds. The van der Waals surface area contributed by atoms with Crippen LogP contribution in [0.25, 0.3) is 5.65 Å². The molecule has 0 unspecified atom stereocenters. The molecular formula is C16H25BrIN5. The lowest BCUT2D eigenvalue weighted by Gasteiger charge is -2.11. The maximum Gasteiger partial charge on any atom is 0.191 e. The molecule has 7 heteroatoms. The highest BCUT2D eigenvalue weighted by atomic mass is 127. The number of aliphatic imine (C=N–C) groups is 1. The standard InChI is InChI=1S/C16H24BrN5.HI/c1-12(2)5-4-8-19-16(18-3)20-9-14-11-22-10-13(17)6-7-15(22)21-14;/h6-7,10-12H,4-5,8-9H2,1-3H3,(H2,18,19,20);1H. The molecule has 23 heavy (non-hydrogen) atoms. The zero-order chi connectivity index (χ0) is 15.9. The molecule has 2 N–H and O–H groups in total. The van der Waals surface area contributed by atoms with Gasteiger partial charge in [0.1, 0.15) is 5.65 Å². The number of nitrogens with zero attached hydrogens (tertiary/aromatic N) is 3. The summed E-state index contributed by atoms with van der Waals surface area (Å²) in [7, 11) is 1.79. The summed E-state index contributed by atoms with van der Waals surface area (Å²) >= 11 is 3.47. The fourth-order valence-corrected chi connectivity index (χ4v) is 2.57. The van der Waals surface area contributed by atoms with Gasteiger partial charge in [-0.05, 0) is 46.8 Å². The molecule has 0 radical (unpaired) electrons. The second kappa shape index (κ2) is 10.1. The Morgan fingerprint density at radius 3 is 2.78 bits per heavy atom. The number of imidazole rings is 1. The molecule has 0 bridgehead atoms. The number of guanidine groups is 1. The minimum absolute atomic E-state index is 0. The van der Waals surface area contributed by atoms with Crippen LogP contribution in [0.4, 0.5) is 0 Å². The van der Waals surface area contributed by atoms with Crippen LogP contribution >= 0.6 is 39.9 Å². The van der Waals surface area contributed by atoms with Crippen LogP contribution in [0.3, 0.4) is 0 Å². The Hall–Kier alpha value is -0.830. The minimum atomic E-state index is 0. The Bertz CT molecular complexity index is 638. The first-order chi connectivity index (χ1) is 10.6. The van der Waals surface area contributed by atoms with Gasteiger partial charge < -0.3 is 15.0 Å². The van der Waals surface area contributed by atoms with Crippen molar-refractivity contribution in [3.63, 3.8) is 0 Å². The highest BCUT2D eigenvalue weighted by Gasteiger charge is 2.03. The van der Waals surface area contributed by atoms with Gasteiger partial charge in [-0.25, -0.2) is 4.98 Å². The van der Waals surface area contributed by atoms with E-state index in [0.717, 1.165) is 40.7 Å². The SMILES string of the molecule is CN=C(NCCCC(C)C)NCc1cn2cc(Br)ccc2n1.I. The monoisotopic (exact) mass is 493 g/mol. The first kappa shape index (κ1) is 20.2. The third kappa shape index (κ3) is 6.66. The van der Waals surface area contributed by atoms with Gasteiger partial charge in [0.25, 0.3) is 0 Å². The Labute approximate surface area is 163 Å². The lowest BCUT2D eigenvalue weighted by Crippen LogP contribution is -2.37. The van der Waals surface area contributed by atoms with Crippen molar-refractivity contribution in [2.24, 2.45) is 10.9 Å². The van der Waals surface area contributed by atoms with E-state index in [1.165, 1.54) is 6.42 Å². The van der Waals surface area contributed by atoms with Gasteiger partial charge in [-0.3, -0.25) is 4.99 Å². The maximum atomic E-state index is 4.58. The quantitative estimate of drug-likeness (QED) is 0.278. The van der Waals surface area contributed by atoms with E-state index in [2.05, 4.69) is 50.4 Å². The van der Waals surface area contributed by atoms with Crippen LogP contribution in [0.5, 0.6) is 0 Å². The smallest absolute Gasteiger partial charge is 0.191 e. The van der Waals surface area contributed by atoms with E-state index >= 15 is 0 Å². The van der Waals surface area contributed by atoms with E-state index in [9.17, 15) is 0 Å². The molecule has 0 aliphatic heterocycles. The van der Waals surface area contributed by atoms with Crippen LogP contribution < -0.4 is 10.6 Å². The zero-order valence-corrected chi connectivity index (χ0v) is 17.8. The summed E-state index contributed by atoms with van der Waals surface area (Å²) in [5.74, 6) is 1.57. The van der Waals surface area contributed by atoms with Crippen molar-refractivity contribution in [2.45, 2.75) is 33.2 Å². The van der Waals surface area contributed by atoms with Gasteiger partial charge in [-0.2, -0.15) is 0 Å². The summed E-state index contributed by atoms with van der Waals surface area (Å²) in [6.45, 7) is 6.09. The fraction of sp³-hybridized carbons (Fsp3) is 0.500. The summed E-state index contributed by atoms with van der Waals surface area (Å²) in [6, 6.07) is 3.99. The van der Waals surface area contributed by atoms with Crippen molar-refractivity contribution in [1.29, 1.82) is 0 Å². The van der Waals surface area contributed by atoms with Crippen LogP contribution in [0.15, 0.2) is 34.0 Å². The van der Waals surface area contributed by atoms with E-state index in [-0.39, 0.29) is 24.0 Å². The Kier molecular flexibility index (Phi) is 8.90. The molecule has 2 rings (SSSR count). The van der Waals surface area contributed by atoms with E-state index < -0.39 is 0 Å².